The normalized spacial score (nSPS) is 15.3. The number of thiazole rings is 1. The first-order valence-electron chi connectivity index (χ1n) is 9.43. The van der Waals surface area contributed by atoms with Crippen molar-refractivity contribution < 1.29 is 30.4 Å². The summed E-state index contributed by atoms with van der Waals surface area (Å²) in [7, 11) is -4.81. The summed E-state index contributed by atoms with van der Waals surface area (Å²) in [6.07, 6.45) is -0.170. The number of halogens is 7. The van der Waals surface area contributed by atoms with Gasteiger partial charge in [0.25, 0.3) is 0 Å². The molecule has 3 aromatic rings. The number of aromatic nitrogens is 1. The number of hydrogen-bond donors (Lipinski definition) is 0. The van der Waals surface area contributed by atoms with E-state index in [0.29, 0.717) is 26.4 Å². The molecule has 0 amide bonds. The van der Waals surface area contributed by atoms with Crippen LogP contribution in [0.4, 0.5) is 27.1 Å². The molecular weight excluding hydrogens is 530 g/mol. The molecule has 0 bridgehead atoms. The Labute approximate surface area is 199 Å². The van der Waals surface area contributed by atoms with Gasteiger partial charge in [-0.25, -0.2) is 35.4 Å². The molecule has 2 heterocycles. The van der Waals surface area contributed by atoms with Crippen LogP contribution in [0.2, 0.25) is 10.0 Å². The first-order chi connectivity index (χ1) is 15.5. The lowest BCUT2D eigenvalue weighted by atomic mass is 10.1. The lowest BCUT2D eigenvalue weighted by molar-refractivity contribution is 0.356. The molecule has 176 valence electrons. The second kappa shape index (κ2) is 9.01. The topological polar surface area (TPSA) is 50.3 Å². The summed E-state index contributed by atoms with van der Waals surface area (Å²) in [6, 6.07) is 4.96. The average molecular weight is 543 g/mol. The van der Waals surface area contributed by atoms with Crippen molar-refractivity contribution in [3.8, 4) is 11.3 Å². The van der Waals surface area contributed by atoms with Crippen molar-refractivity contribution >= 4 is 49.5 Å². The highest BCUT2D eigenvalue weighted by molar-refractivity contribution is 7.92. The Kier molecular flexibility index (Phi) is 6.60. The van der Waals surface area contributed by atoms with Gasteiger partial charge in [-0.3, -0.25) is 0 Å². The van der Waals surface area contributed by atoms with Crippen LogP contribution in [0.1, 0.15) is 12.8 Å². The molecule has 2 aromatic carbocycles. The number of benzene rings is 2. The molecule has 0 N–H and O–H groups in total. The van der Waals surface area contributed by atoms with Gasteiger partial charge in [0.05, 0.1) is 16.0 Å². The van der Waals surface area contributed by atoms with Gasteiger partial charge in [0.15, 0.2) is 38.2 Å². The molecule has 4 nitrogen and oxygen atoms in total. The molecule has 0 saturated carbocycles. The van der Waals surface area contributed by atoms with E-state index in [1.165, 1.54) is 11.3 Å². The number of rotatable bonds is 4. The van der Waals surface area contributed by atoms with Gasteiger partial charge in [0.2, 0.25) is 5.82 Å². The fourth-order valence-corrected chi connectivity index (χ4v) is 6.82. The summed E-state index contributed by atoms with van der Waals surface area (Å²) >= 11 is 13.4. The third-order valence-electron chi connectivity index (χ3n) is 5.30. The van der Waals surface area contributed by atoms with Crippen molar-refractivity contribution in [2.75, 3.05) is 18.0 Å². The Morgan fingerprint density at radius 3 is 2.09 bits per heavy atom. The summed E-state index contributed by atoms with van der Waals surface area (Å²) in [6.45, 7) is 0.307. The molecule has 1 aliphatic rings. The minimum Gasteiger partial charge on any atom is -0.348 e. The Hall–Kier alpha value is -1.95. The van der Waals surface area contributed by atoms with Crippen molar-refractivity contribution in [3.63, 3.8) is 0 Å². The van der Waals surface area contributed by atoms with E-state index in [4.69, 9.17) is 23.2 Å². The number of sulfone groups is 1. The van der Waals surface area contributed by atoms with Crippen LogP contribution >= 0.6 is 34.5 Å². The maximum Gasteiger partial charge on any atom is 0.200 e. The number of anilines is 1. The van der Waals surface area contributed by atoms with E-state index in [1.54, 1.807) is 28.5 Å². The minimum atomic E-state index is -4.81. The molecule has 1 aromatic heterocycles. The van der Waals surface area contributed by atoms with Crippen LogP contribution in [0.25, 0.3) is 11.3 Å². The second-order valence-corrected chi connectivity index (χ2v) is 11.1. The van der Waals surface area contributed by atoms with E-state index in [9.17, 15) is 30.4 Å². The monoisotopic (exact) mass is 542 g/mol. The third-order valence-corrected chi connectivity index (χ3v) is 9.03. The van der Waals surface area contributed by atoms with Gasteiger partial charge < -0.3 is 4.90 Å². The van der Waals surface area contributed by atoms with Crippen LogP contribution in [0, 0.1) is 29.1 Å². The molecule has 13 heteroatoms. The van der Waals surface area contributed by atoms with Crippen LogP contribution in [0.5, 0.6) is 0 Å². The summed E-state index contributed by atoms with van der Waals surface area (Å²) in [5.74, 6) is -11.7. The highest BCUT2D eigenvalue weighted by atomic mass is 35.5. The van der Waals surface area contributed by atoms with Gasteiger partial charge in [-0.05, 0) is 31.0 Å². The molecule has 1 aliphatic heterocycles. The van der Waals surface area contributed by atoms with Crippen molar-refractivity contribution in [2.24, 2.45) is 0 Å². The summed E-state index contributed by atoms with van der Waals surface area (Å²) in [5, 5.41) is 1.90. The Morgan fingerprint density at radius 1 is 0.939 bits per heavy atom. The van der Waals surface area contributed by atoms with E-state index in [1.807, 2.05) is 0 Å². The van der Waals surface area contributed by atoms with E-state index in [2.05, 4.69) is 4.98 Å². The second-order valence-electron chi connectivity index (χ2n) is 7.27. The van der Waals surface area contributed by atoms with Crippen molar-refractivity contribution in [3.05, 3.63) is 62.7 Å². The predicted octanol–water partition coefficient (Wildman–Crippen LogP) is 6.26. The van der Waals surface area contributed by atoms with Gasteiger partial charge >= 0.3 is 0 Å². The van der Waals surface area contributed by atoms with Crippen LogP contribution in [-0.4, -0.2) is 31.7 Å². The van der Waals surface area contributed by atoms with Crippen LogP contribution in [-0.2, 0) is 9.84 Å². The summed E-state index contributed by atoms with van der Waals surface area (Å²) in [4.78, 5) is 4.50. The Morgan fingerprint density at radius 2 is 1.52 bits per heavy atom. The van der Waals surface area contributed by atoms with Crippen molar-refractivity contribution in [2.45, 2.75) is 23.0 Å². The number of piperidine rings is 1. The maximum atomic E-state index is 14.1. The minimum absolute atomic E-state index is 0.0849. The molecular formula is C20H13Cl2F5N2O2S2. The van der Waals surface area contributed by atoms with Gasteiger partial charge in [-0.15, -0.1) is 11.3 Å². The molecule has 33 heavy (non-hydrogen) atoms. The summed E-state index contributed by atoms with van der Waals surface area (Å²) in [5.41, 5.74) is 1.25. The third kappa shape index (κ3) is 4.31. The predicted molar refractivity (Wildman–Crippen MR) is 116 cm³/mol. The molecule has 0 spiro atoms. The highest BCUT2D eigenvalue weighted by Crippen LogP contribution is 2.36. The molecule has 1 fully saturated rings. The molecule has 0 radical (unpaired) electrons. The zero-order valence-electron chi connectivity index (χ0n) is 16.4. The molecule has 0 unspecified atom stereocenters. The first kappa shape index (κ1) is 24.2. The Balaban J connectivity index is 1.54. The van der Waals surface area contributed by atoms with Crippen LogP contribution in [0.15, 0.2) is 28.5 Å². The fourth-order valence-electron chi connectivity index (χ4n) is 3.59. The van der Waals surface area contributed by atoms with Gasteiger partial charge in [0, 0.05) is 29.1 Å². The lowest BCUT2D eigenvalue weighted by Gasteiger charge is -2.31. The molecule has 0 aliphatic carbocycles. The first-order valence-corrected chi connectivity index (χ1v) is 12.6. The van der Waals surface area contributed by atoms with E-state index in [0.717, 1.165) is 0 Å². The SMILES string of the molecule is O=S(=O)(c1c(F)c(F)c(F)c(F)c1F)C1CCN(c2nc(-c3ccc(Cl)cc3Cl)cs2)CC1. The van der Waals surface area contributed by atoms with Crippen molar-refractivity contribution in [1.29, 1.82) is 0 Å². The van der Waals surface area contributed by atoms with E-state index >= 15 is 0 Å². The van der Waals surface area contributed by atoms with E-state index in [-0.39, 0.29) is 25.9 Å². The number of hydrogen-bond acceptors (Lipinski definition) is 5. The standard InChI is InChI=1S/C20H13Cl2F5N2O2S2/c21-9-1-2-11(12(22)7-9)13-8-32-20(28-13)29-5-3-10(4-6-29)33(30,31)19-17(26)15(24)14(23)16(25)18(19)27/h1-2,7-8,10H,3-6H2. The largest absolute Gasteiger partial charge is 0.348 e. The average Bonchev–Trinajstić information content (AvgIpc) is 3.26. The quantitative estimate of drug-likeness (QED) is 0.169. The molecule has 4 rings (SSSR count). The highest BCUT2D eigenvalue weighted by Gasteiger charge is 2.39. The summed E-state index contributed by atoms with van der Waals surface area (Å²) < 4.78 is 94.0. The van der Waals surface area contributed by atoms with Crippen LogP contribution in [0.3, 0.4) is 0 Å². The fraction of sp³-hybridized carbons (Fsp3) is 0.250. The van der Waals surface area contributed by atoms with Gasteiger partial charge in [-0.2, -0.15) is 0 Å². The number of nitrogens with zero attached hydrogens (tertiary/aromatic N) is 2. The smallest absolute Gasteiger partial charge is 0.200 e. The molecule has 1 saturated heterocycles. The van der Waals surface area contributed by atoms with E-state index < -0.39 is 49.1 Å². The van der Waals surface area contributed by atoms with Gasteiger partial charge in [-0.1, -0.05) is 23.2 Å². The van der Waals surface area contributed by atoms with Gasteiger partial charge in [0.1, 0.15) is 4.90 Å². The lowest BCUT2D eigenvalue weighted by Crippen LogP contribution is -2.40. The zero-order valence-corrected chi connectivity index (χ0v) is 19.5. The Bertz CT molecular complexity index is 1310. The molecule has 0 atom stereocenters. The maximum absolute atomic E-state index is 14.1. The van der Waals surface area contributed by atoms with Crippen LogP contribution < -0.4 is 4.90 Å². The van der Waals surface area contributed by atoms with Crippen molar-refractivity contribution in [1.82, 2.24) is 4.98 Å². The zero-order chi connectivity index (χ0) is 24.1.